The van der Waals surface area contributed by atoms with Crippen LogP contribution in [0, 0.1) is 0 Å². The molecule has 1 fully saturated rings. The van der Waals surface area contributed by atoms with E-state index in [4.69, 9.17) is 9.47 Å². The Balaban J connectivity index is 1.80. The highest BCUT2D eigenvalue weighted by molar-refractivity contribution is 5.71. The minimum absolute atomic E-state index is 0.758. The predicted molar refractivity (Wildman–Crippen MR) is 88.3 cm³/mol. The fourth-order valence-corrected chi connectivity index (χ4v) is 3.89. The predicted octanol–water partition coefficient (Wildman–Crippen LogP) is 2.10. The average molecular weight is 302 g/mol. The molecule has 0 atom stereocenters. The van der Waals surface area contributed by atoms with Gasteiger partial charge in [0, 0.05) is 13.7 Å². The number of nitrogens with one attached hydrogen (secondary N) is 1. The number of methoxy groups -OCH3 is 1. The molecule has 0 aromatic heterocycles. The normalized spacial score (nSPS) is 20.9. The standard InChI is InChI=1S/C18H26N2O2/c1-21-10-8-20-9-11-22-16-12-14-4-6-19-7-5-15(14)17(18(16)20)13-2-3-13/h12-13,19H,2-11H2,1H3. The number of ether oxygens (including phenoxy) is 2. The van der Waals surface area contributed by atoms with Gasteiger partial charge >= 0.3 is 0 Å². The maximum Gasteiger partial charge on any atom is 0.143 e. The maximum atomic E-state index is 6.06. The highest BCUT2D eigenvalue weighted by Crippen LogP contribution is 2.51. The molecule has 22 heavy (non-hydrogen) atoms. The SMILES string of the molecule is COCCN1CCOc2cc3c(c(C4CC4)c21)CCNCC3. The zero-order valence-corrected chi connectivity index (χ0v) is 13.5. The van der Waals surface area contributed by atoms with Crippen molar-refractivity contribution >= 4 is 5.69 Å². The van der Waals surface area contributed by atoms with Gasteiger partial charge in [-0.05, 0) is 67.4 Å². The molecule has 4 rings (SSSR count). The zero-order chi connectivity index (χ0) is 14.9. The summed E-state index contributed by atoms with van der Waals surface area (Å²) in [5.41, 5.74) is 6.11. The summed E-state index contributed by atoms with van der Waals surface area (Å²) >= 11 is 0. The first-order chi connectivity index (χ1) is 10.9. The van der Waals surface area contributed by atoms with E-state index in [0.29, 0.717) is 0 Å². The molecule has 1 aromatic rings. The van der Waals surface area contributed by atoms with Gasteiger partial charge in [0.25, 0.3) is 0 Å². The molecule has 2 heterocycles. The second-order valence-corrected chi connectivity index (χ2v) is 6.63. The van der Waals surface area contributed by atoms with Gasteiger partial charge in [0.15, 0.2) is 0 Å². The minimum Gasteiger partial charge on any atom is -0.490 e. The summed E-state index contributed by atoms with van der Waals surface area (Å²) in [6, 6.07) is 2.32. The van der Waals surface area contributed by atoms with Crippen molar-refractivity contribution in [1.82, 2.24) is 5.32 Å². The summed E-state index contributed by atoms with van der Waals surface area (Å²) in [5.74, 6) is 1.87. The van der Waals surface area contributed by atoms with Crippen molar-refractivity contribution in [2.24, 2.45) is 0 Å². The molecule has 0 unspecified atom stereocenters. The number of anilines is 1. The van der Waals surface area contributed by atoms with Crippen molar-refractivity contribution in [2.45, 2.75) is 31.6 Å². The van der Waals surface area contributed by atoms with Crippen molar-refractivity contribution in [3.63, 3.8) is 0 Å². The van der Waals surface area contributed by atoms with Crippen LogP contribution in [0.2, 0.25) is 0 Å². The van der Waals surface area contributed by atoms with E-state index >= 15 is 0 Å². The Morgan fingerprint density at radius 2 is 2.18 bits per heavy atom. The lowest BCUT2D eigenvalue weighted by molar-refractivity contribution is 0.201. The average Bonchev–Trinajstić information content (AvgIpc) is 3.37. The fourth-order valence-electron chi connectivity index (χ4n) is 3.89. The van der Waals surface area contributed by atoms with Gasteiger partial charge in [0.05, 0.1) is 18.8 Å². The van der Waals surface area contributed by atoms with Crippen LogP contribution in [0.1, 0.15) is 35.4 Å². The van der Waals surface area contributed by atoms with Crippen LogP contribution in [-0.2, 0) is 17.6 Å². The van der Waals surface area contributed by atoms with E-state index in [2.05, 4.69) is 16.3 Å². The van der Waals surface area contributed by atoms with Crippen LogP contribution >= 0.6 is 0 Å². The van der Waals surface area contributed by atoms with E-state index in [0.717, 1.165) is 63.9 Å². The van der Waals surface area contributed by atoms with Gasteiger partial charge in [0.1, 0.15) is 12.4 Å². The van der Waals surface area contributed by atoms with E-state index in [9.17, 15) is 0 Å². The van der Waals surface area contributed by atoms with Crippen LogP contribution in [-0.4, -0.2) is 46.5 Å². The number of benzene rings is 1. The number of hydrogen-bond acceptors (Lipinski definition) is 4. The van der Waals surface area contributed by atoms with E-state index in [-0.39, 0.29) is 0 Å². The minimum atomic E-state index is 0.758. The highest BCUT2D eigenvalue weighted by atomic mass is 16.5. The molecule has 0 saturated heterocycles. The first kappa shape index (κ1) is 14.3. The molecule has 1 aliphatic carbocycles. The molecule has 3 aliphatic rings. The Labute approximate surface area is 132 Å². The van der Waals surface area contributed by atoms with Crippen LogP contribution in [0.4, 0.5) is 5.69 Å². The van der Waals surface area contributed by atoms with E-state index in [1.54, 1.807) is 18.2 Å². The lowest BCUT2D eigenvalue weighted by atomic mass is 9.91. The number of fused-ring (bicyclic) bond motifs is 2. The first-order valence-electron chi connectivity index (χ1n) is 8.64. The summed E-state index contributed by atoms with van der Waals surface area (Å²) in [5, 5.41) is 3.54. The highest BCUT2D eigenvalue weighted by Gasteiger charge is 2.35. The molecule has 1 N–H and O–H groups in total. The fraction of sp³-hybridized carbons (Fsp3) is 0.667. The Morgan fingerprint density at radius 1 is 1.32 bits per heavy atom. The van der Waals surface area contributed by atoms with Gasteiger partial charge in [-0.25, -0.2) is 0 Å². The number of nitrogens with zero attached hydrogens (tertiary/aromatic N) is 1. The second-order valence-electron chi connectivity index (χ2n) is 6.63. The lowest BCUT2D eigenvalue weighted by Gasteiger charge is -2.35. The number of hydrogen-bond donors (Lipinski definition) is 1. The second kappa shape index (κ2) is 6.09. The van der Waals surface area contributed by atoms with Crippen molar-refractivity contribution in [3.05, 3.63) is 22.8 Å². The van der Waals surface area contributed by atoms with E-state index < -0.39 is 0 Å². The van der Waals surface area contributed by atoms with Crippen LogP contribution in [0.15, 0.2) is 6.07 Å². The molecular weight excluding hydrogens is 276 g/mol. The summed E-state index contributed by atoms with van der Waals surface area (Å²) in [6.07, 6.45) is 4.97. The quantitative estimate of drug-likeness (QED) is 0.923. The summed E-state index contributed by atoms with van der Waals surface area (Å²) in [6.45, 7) is 5.70. The molecular formula is C18H26N2O2. The molecule has 120 valence electrons. The Morgan fingerprint density at radius 3 is 3.00 bits per heavy atom. The van der Waals surface area contributed by atoms with Crippen LogP contribution in [0.3, 0.4) is 0 Å². The molecule has 0 amide bonds. The molecule has 0 spiro atoms. The largest absolute Gasteiger partial charge is 0.490 e. The van der Waals surface area contributed by atoms with Crippen molar-refractivity contribution in [1.29, 1.82) is 0 Å². The lowest BCUT2D eigenvalue weighted by Crippen LogP contribution is -2.36. The molecule has 0 bridgehead atoms. The van der Waals surface area contributed by atoms with Crippen molar-refractivity contribution in [3.8, 4) is 5.75 Å². The van der Waals surface area contributed by atoms with Gasteiger partial charge in [-0.3, -0.25) is 0 Å². The van der Waals surface area contributed by atoms with E-state index in [1.165, 1.54) is 24.1 Å². The molecule has 0 radical (unpaired) electrons. The molecule has 1 saturated carbocycles. The van der Waals surface area contributed by atoms with Gasteiger partial charge in [0.2, 0.25) is 0 Å². The van der Waals surface area contributed by atoms with Crippen molar-refractivity contribution in [2.75, 3.05) is 51.4 Å². The molecule has 1 aromatic carbocycles. The third kappa shape index (κ3) is 2.59. The summed E-state index contributed by atoms with van der Waals surface area (Å²) in [4.78, 5) is 2.49. The van der Waals surface area contributed by atoms with Crippen LogP contribution in [0.25, 0.3) is 0 Å². The summed E-state index contributed by atoms with van der Waals surface area (Å²) < 4.78 is 11.4. The van der Waals surface area contributed by atoms with Crippen LogP contribution in [0.5, 0.6) is 5.75 Å². The Kier molecular flexibility index (Phi) is 3.97. The Bertz CT molecular complexity index is 555. The van der Waals surface area contributed by atoms with Crippen LogP contribution < -0.4 is 15.0 Å². The number of rotatable bonds is 4. The van der Waals surface area contributed by atoms with Gasteiger partial charge in [-0.1, -0.05) is 0 Å². The Hall–Kier alpha value is -1.26. The van der Waals surface area contributed by atoms with E-state index in [1.807, 2.05) is 0 Å². The monoisotopic (exact) mass is 302 g/mol. The van der Waals surface area contributed by atoms with Gasteiger partial charge < -0.3 is 19.7 Å². The topological polar surface area (TPSA) is 33.7 Å². The third-order valence-corrected chi connectivity index (χ3v) is 5.12. The summed E-state index contributed by atoms with van der Waals surface area (Å²) in [7, 11) is 1.78. The van der Waals surface area contributed by atoms with Crippen molar-refractivity contribution < 1.29 is 9.47 Å². The molecule has 4 nitrogen and oxygen atoms in total. The zero-order valence-electron chi connectivity index (χ0n) is 13.5. The molecule has 4 heteroatoms. The smallest absolute Gasteiger partial charge is 0.143 e. The van der Waals surface area contributed by atoms with Gasteiger partial charge in [-0.15, -0.1) is 0 Å². The first-order valence-corrected chi connectivity index (χ1v) is 8.64. The maximum absolute atomic E-state index is 6.06. The third-order valence-electron chi connectivity index (χ3n) is 5.12. The van der Waals surface area contributed by atoms with Gasteiger partial charge in [-0.2, -0.15) is 0 Å². The molecule has 2 aliphatic heterocycles.